The van der Waals surface area contributed by atoms with Crippen molar-refractivity contribution in [2.75, 3.05) is 13.2 Å². The molecule has 0 aromatic heterocycles. The van der Waals surface area contributed by atoms with E-state index in [0.717, 1.165) is 11.5 Å². The minimum Gasteiger partial charge on any atom is -0.494 e. The van der Waals surface area contributed by atoms with Crippen LogP contribution < -0.4 is 20.1 Å². The third-order valence-electron chi connectivity index (χ3n) is 2.62. The Hall–Kier alpha value is -1.53. The lowest BCUT2D eigenvalue weighted by molar-refractivity contribution is 0.340. The zero-order chi connectivity index (χ0) is 13.5. The van der Waals surface area contributed by atoms with Crippen LogP contribution in [-0.2, 0) is 0 Å². The van der Waals surface area contributed by atoms with E-state index < -0.39 is 0 Å². The van der Waals surface area contributed by atoms with Crippen molar-refractivity contribution in [2.24, 2.45) is 0 Å². The van der Waals surface area contributed by atoms with Gasteiger partial charge in [0.05, 0.1) is 13.2 Å². The third-order valence-corrected chi connectivity index (χ3v) is 3.86. The Balaban J connectivity index is 1.99. The summed E-state index contributed by atoms with van der Waals surface area (Å²) in [7, 11) is 0.662. The number of hydrogen-bond donors (Lipinski definition) is 0. The maximum Gasteiger partial charge on any atom is 0.119 e. The first-order chi connectivity index (χ1) is 9.31. The summed E-state index contributed by atoms with van der Waals surface area (Å²) < 4.78 is 10.9. The predicted octanol–water partition coefficient (Wildman–Crippen LogP) is 3.11. The van der Waals surface area contributed by atoms with Crippen LogP contribution >= 0.6 is 8.58 Å². The van der Waals surface area contributed by atoms with Gasteiger partial charge in [0, 0.05) is 0 Å². The lowest BCUT2D eigenvalue weighted by Gasteiger charge is -2.07. The standard InChI is InChI=1S/C16H19O2P/c1-3-17-13-5-9-15(10-6-13)19-16-11-7-14(8-12-16)18-4-2/h5-12,19H,3-4H2,1-2H3. The van der Waals surface area contributed by atoms with Crippen molar-refractivity contribution in [3.05, 3.63) is 48.5 Å². The molecule has 0 saturated heterocycles. The number of rotatable bonds is 6. The molecule has 0 aliphatic carbocycles. The van der Waals surface area contributed by atoms with Crippen LogP contribution in [0.1, 0.15) is 13.8 Å². The van der Waals surface area contributed by atoms with Gasteiger partial charge in [-0.2, -0.15) is 0 Å². The van der Waals surface area contributed by atoms with Crippen molar-refractivity contribution in [3.63, 3.8) is 0 Å². The Labute approximate surface area is 116 Å². The molecule has 0 atom stereocenters. The van der Waals surface area contributed by atoms with Crippen molar-refractivity contribution in [2.45, 2.75) is 13.8 Å². The molecule has 0 bridgehead atoms. The molecule has 0 spiro atoms. The van der Waals surface area contributed by atoms with Crippen molar-refractivity contribution in [1.82, 2.24) is 0 Å². The van der Waals surface area contributed by atoms with Crippen LogP contribution in [0.5, 0.6) is 11.5 Å². The summed E-state index contributed by atoms with van der Waals surface area (Å²) in [5.74, 6) is 1.87. The topological polar surface area (TPSA) is 18.5 Å². The Morgan fingerprint density at radius 1 is 0.684 bits per heavy atom. The van der Waals surface area contributed by atoms with E-state index in [2.05, 4.69) is 24.3 Å². The van der Waals surface area contributed by atoms with Crippen LogP contribution in [0.15, 0.2) is 48.5 Å². The molecular formula is C16H19O2P. The Morgan fingerprint density at radius 3 is 1.37 bits per heavy atom. The van der Waals surface area contributed by atoms with Crippen LogP contribution in [0.3, 0.4) is 0 Å². The smallest absolute Gasteiger partial charge is 0.119 e. The van der Waals surface area contributed by atoms with Crippen LogP contribution in [0, 0.1) is 0 Å². The normalized spacial score (nSPS) is 10.2. The highest BCUT2D eigenvalue weighted by Gasteiger charge is 1.98. The molecule has 0 fully saturated rings. The van der Waals surface area contributed by atoms with Gasteiger partial charge in [0.15, 0.2) is 0 Å². The molecule has 0 radical (unpaired) electrons. The molecule has 0 saturated carbocycles. The summed E-state index contributed by atoms with van der Waals surface area (Å²) in [4.78, 5) is 0. The van der Waals surface area contributed by atoms with Gasteiger partial charge in [-0.25, -0.2) is 0 Å². The van der Waals surface area contributed by atoms with E-state index in [9.17, 15) is 0 Å². The average Bonchev–Trinajstić information content (AvgIpc) is 2.44. The Morgan fingerprint density at radius 2 is 1.05 bits per heavy atom. The van der Waals surface area contributed by atoms with E-state index in [1.165, 1.54) is 10.6 Å². The van der Waals surface area contributed by atoms with Crippen LogP contribution in [0.4, 0.5) is 0 Å². The maximum atomic E-state index is 5.44. The lowest BCUT2D eigenvalue weighted by Crippen LogP contribution is -2.03. The first-order valence-corrected chi connectivity index (χ1v) is 7.54. The second kappa shape index (κ2) is 7.16. The second-order valence-electron chi connectivity index (χ2n) is 4.04. The quantitative estimate of drug-likeness (QED) is 0.754. The molecule has 100 valence electrons. The highest BCUT2D eigenvalue weighted by molar-refractivity contribution is 7.55. The molecule has 2 nitrogen and oxygen atoms in total. The van der Waals surface area contributed by atoms with Gasteiger partial charge in [-0.15, -0.1) is 0 Å². The molecule has 0 aliphatic rings. The predicted molar refractivity (Wildman–Crippen MR) is 82.8 cm³/mol. The fourth-order valence-electron chi connectivity index (χ4n) is 1.77. The minimum atomic E-state index is 0.662. The van der Waals surface area contributed by atoms with E-state index in [0.29, 0.717) is 21.8 Å². The fraction of sp³-hybridized carbons (Fsp3) is 0.250. The van der Waals surface area contributed by atoms with E-state index in [1.807, 2.05) is 38.1 Å². The first kappa shape index (κ1) is 13.9. The summed E-state index contributed by atoms with van der Waals surface area (Å²) in [5, 5.41) is 2.63. The number of hydrogen-bond acceptors (Lipinski definition) is 2. The van der Waals surface area contributed by atoms with Gasteiger partial charge in [-0.1, -0.05) is 32.8 Å². The summed E-state index contributed by atoms with van der Waals surface area (Å²) >= 11 is 0. The summed E-state index contributed by atoms with van der Waals surface area (Å²) in [6, 6.07) is 16.6. The SMILES string of the molecule is CCOc1ccc(Pc2ccc(OCC)cc2)cc1. The summed E-state index contributed by atoms with van der Waals surface area (Å²) in [5.41, 5.74) is 0. The van der Waals surface area contributed by atoms with E-state index in [4.69, 9.17) is 9.47 Å². The third kappa shape index (κ3) is 4.25. The molecular weight excluding hydrogens is 255 g/mol. The molecule has 19 heavy (non-hydrogen) atoms. The lowest BCUT2D eigenvalue weighted by atomic mass is 10.3. The van der Waals surface area contributed by atoms with Crippen molar-refractivity contribution in [1.29, 1.82) is 0 Å². The molecule has 0 amide bonds. The summed E-state index contributed by atoms with van der Waals surface area (Å²) in [6.07, 6.45) is 0. The monoisotopic (exact) mass is 274 g/mol. The van der Waals surface area contributed by atoms with E-state index in [1.54, 1.807) is 0 Å². The van der Waals surface area contributed by atoms with E-state index in [-0.39, 0.29) is 0 Å². The maximum absolute atomic E-state index is 5.44. The van der Waals surface area contributed by atoms with Crippen molar-refractivity contribution >= 4 is 19.2 Å². The van der Waals surface area contributed by atoms with Gasteiger partial charge < -0.3 is 9.47 Å². The van der Waals surface area contributed by atoms with Gasteiger partial charge in [-0.3, -0.25) is 0 Å². The summed E-state index contributed by atoms with van der Waals surface area (Å²) in [6.45, 7) is 5.41. The second-order valence-corrected chi connectivity index (χ2v) is 5.44. The number of benzene rings is 2. The van der Waals surface area contributed by atoms with Crippen LogP contribution in [0.25, 0.3) is 0 Å². The number of ether oxygens (including phenoxy) is 2. The van der Waals surface area contributed by atoms with Crippen molar-refractivity contribution in [3.8, 4) is 11.5 Å². The largest absolute Gasteiger partial charge is 0.494 e. The molecule has 0 N–H and O–H groups in total. The Kier molecular flexibility index (Phi) is 5.23. The molecule has 0 unspecified atom stereocenters. The van der Waals surface area contributed by atoms with Crippen LogP contribution in [-0.4, -0.2) is 13.2 Å². The van der Waals surface area contributed by atoms with Crippen molar-refractivity contribution < 1.29 is 9.47 Å². The Bertz CT molecular complexity index is 444. The molecule has 2 rings (SSSR count). The van der Waals surface area contributed by atoms with E-state index >= 15 is 0 Å². The van der Waals surface area contributed by atoms with Crippen LogP contribution in [0.2, 0.25) is 0 Å². The molecule has 2 aromatic carbocycles. The molecule has 0 heterocycles. The zero-order valence-electron chi connectivity index (χ0n) is 11.3. The van der Waals surface area contributed by atoms with Gasteiger partial charge in [0.1, 0.15) is 11.5 Å². The highest BCUT2D eigenvalue weighted by atomic mass is 31.1. The van der Waals surface area contributed by atoms with Gasteiger partial charge in [-0.05, 0) is 48.7 Å². The van der Waals surface area contributed by atoms with Gasteiger partial charge >= 0.3 is 0 Å². The molecule has 0 aliphatic heterocycles. The molecule has 3 heteroatoms. The van der Waals surface area contributed by atoms with Gasteiger partial charge in [0.25, 0.3) is 0 Å². The minimum absolute atomic E-state index is 0.662. The first-order valence-electron chi connectivity index (χ1n) is 6.54. The zero-order valence-corrected chi connectivity index (χ0v) is 12.3. The van der Waals surface area contributed by atoms with Gasteiger partial charge in [0.2, 0.25) is 0 Å². The fourth-order valence-corrected chi connectivity index (χ4v) is 2.77. The highest BCUT2D eigenvalue weighted by Crippen LogP contribution is 2.16. The molecule has 2 aromatic rings. The average molecular weight is 274 g/mol.